The van der Waals surface area contributed by atoms with Gasteiger partial charge in [0.05, 0.1) is 6.61 Å². The van der Waals surface area contributed by atoms with Crippen molar-refractivity contribution in [2.45, 2.75) is 40.3 Å². The van der Waals surface area contributed by atoms with Gasteiger partial charge in [-0.15, -0.1) is 0 Å². The van der Waals surface area contributed by atoms with Gasteiger partial charge in [-0.3, -0.25) is 9.59 Å². The summed E-state index contributed by atoms with van der Waals surface area (Å²) in [5.74, 6) is -0.470. The summed E-state index contributed by atoms with van der Waals surface area (Å²) < 4.78 is 0. The molecule has 0 aliphatic carbocycles. The van der Waals surface area contributed by atoms with Gasteiger partial charge in [0.2, 0.25) is 11.8 Å². The van der Waals surface area contributed by atoms with Crippen molar-refractivity contribution in [2.24, 2.45) is 5.41 Å². The van der Waals surface area contributed by atoms with Crippen LogP contribution >= 0.6 is 0 Å². The average Bonchev–Trinajstić information content (AvgIpc) is 2.37. The molecule has 3 N–H and O–H groups in total. The molecule has 0 aliphatic heterocycles. The van der Waals surface area contributed by atoms with Gasteiger partial charge in [0.25, 0.3) is 0 Å². The zero-order valence-electron chi connectivity index (χ0n) is 12.4. The third-order valence-electron chi connectivity index (χ3n) is 2.80. The minimum absolute atomic E-state index is 0.0833. The van der Waals surface area contributed by atoms with Crippen molar-refractivity contribution in [3.05, 3.63) is 29.8 Å². The number of amides is 2. The molecule has 5 nitrogen and oxygen atoms in total. The number of hydrogen-bond acceptors (Lipinski definition) is 3. The Hall–Kier alpha value is -1.88. The summed E-state index contributed by atoms with van der Waals surface area (Å²) >= 11 is 0. The van der Waals surface area contributed by atoms with Gasteiger partial charge in [-0.2, -0.15) is 0 Å². The second-order valence-corrected chi connectivity index (χ2v) is 5.79. The first-order chi connectivity index (χ1) is 9.24. The number of anilines is 1. The van der Waals surface area contributed by atoms with Crippen molar-refractivity contribution in [1.82, 2.24) is 5.32 Å². The van der Waals surface area contributed by atoms with Crippen molar-refractivity contribution in [3.63, 3.8) is 0 Å². The molecule has 0 saturated carbocycles. The Morgan fingerprint density at radius 3 is 2.50 bits per heavy atom. The van der Waals surface area contributed by atoms with Crippen LogP contribution in [0.5, 0.6) is 0 Å². The van der Waals surface area contributed by atoms with E-state index >= 15 is 0 Å². The predicted molar refractivity (Wildman–Crippen MR) is 78.1 cm³/mol. The van der Waals surface area contributed by atoms with Crippen molar-refractivity contribution >= 4 is 17.5 Å². The molecule has 0 heterocycles. The number of hydrogen-bond donors (Lipinski definition) is 3. The number of carbonyl (C=O) groups is 2. The van der Waals surface area contributed by atoms with Crippen LogP contribution in [0.15, 0.2) is 24.3 Å². The zero-order chi connectivity index (χ0) is 15.3. The lowest BCUT2D eigenvalue weighted by molar-refractivity contribution is -0.131. The van der Waals surface area contributed by atoms with Gasteiger partial charge >= 0.3 is 0 Å². The topological polar surface area (TPSA) is 78.4 Å². The summed E-state index contributed by atoms with van der Waals surface area (Å²) in [6.45, 7) is 6.92. The van der Waals surface area contributed by atoms with Crippen LogP contribution in [-0.2, 0) is 16.2 Å². The van der Waals surface area contributed by atoms with Gasteiger partial charge in [0, 0.05) is 11.1 Å². The molecule has 1 aromatic rings. The fourth-order valence-corrected chi connectivity index (χ4v) is 1.48. The summed E-state index contributed by atoms with van der Waals surface area (Å²) in [6, 6.07) is 6.31. The second kappa shape index (κ2) is 6.52. The lowest BCUT2D eigenvalue weighted by Crippen LogP contribution is -2.46. The second-order valence-electron chi connectivity index (χ2n) is 5.79. The van der Waals surface area contributed by atoms with Crippen molar-refractivity contribution in [2.75, 3.05) is 5.32 Å². The van der Waals surface area contributed by atoms with Crippen LogP contribution in [0.2, 0.25) is 0 Å². The van der Waals surface area contributed by atoms with Gasteiger partial charge in [-0.05, 0) is 24.6 Å². The summed E-state index contributed by atoms with van der Waals surface area (Å²) in [4.78, 5) is 23.8. The number of aliphatic hydroxyl groups excluding tert-OH is 1. The molecule has 0 radical (unpaired) electrons. The highest BCUT2D eigenvalue weighted by atomic mass is 16.3. The fraction of sp³-hybridized carbons (Fsp3) is 0.467. The molecule has 0 aliphatic rings. The van der Waals surface area contributed by atoms with Crippen molar-refractivity contribution in [3.8, 4) is 0 Å². The molecule has 1 unspecified atom stereocenters. The number of nitrogens with one attached hydrogen (secondary N) is 2. The highest BCUT2D eigenvalue weighted by Gasteiger charge is 2.25. The summed E-state index contributed by atoms with van der Waals surface area (Å²) in [6.07, 6.45) is 0. The molecule has 1 aromatic carbocycles. The largest absolute Gasteiger partial charge is 0.392 e. The van der Waals surface area contributed by atoms with E-state index in [2.05, 4.69) is 10.6 Å². The third-order valence-corrected chi connectivity index (χ3v) is 2.80. The Kier molecular flexibility index (Phi) is 5.27. The molecule has 1 atom stereocenters. The van der Waals surface area contributed by atoms with Gasteiger partial charge in [-0.25, -0.2) is 0 Å². The number of aliphatic hydroxyl groups is 1. The smallest absolute Gasteiger partial charge is 0.246 e. The first-order valence-corrected chi connectivity index (χ1v) is 6.55. The van der Waals surface area contributed by atoms with Crippen LogP contribution in [0, 0.1) is 5.41 Å². The lowest BCUT2D eigenvalue weighted by Gasteiger charge is -2.21. The van der Waals surface area contributed by atoms with E-state index in [-0.39, 0.29) is 18.4 Å². The summed E-state index contributed by atoms with van der Waals surface area (Å²) in [7, 11) is 0. The summed E-state index contributed by atoms with van der Waals surface area (Å²) in [5.41, 5.74) is 0.776. The van der Waals surface area contributed by atoms with Crippen LogP contribution in [0.4, 0.5) is 5.69 Å². The van der Waals surface area contributed by atoms with Gasteiger partial charge in [0.15, 0.2) is 0 Å². The Labute approximate surface area is 119 Å². The van der Waals surface area contributed by atoms with Crippen LogP contribution in [0.25, 0.3) is 0 Å². The van der Waals surface area contributed by atoms with E-state index in [1.165, 1.54) is 0 Å². The number of benzene rings is 1. The molecule has 0 aromatic heterocycles. The quantitative estimate of drug-likeness (QED) is 0.784. The molecule has 0 saturated heterocycles. The Balaban J connectivity index is 2.64. The lowest BCUT2D eigenvalue weighted by atomic mass is 9.95. The molecular weight excluding hydrogens is 256 g/mol. The van der Waals surface area contributed by atoms with Gasteiger partial charge in [-0.1, -0.05) is 32.9 Å². The van der Waals surface area contributed by atoms with E-state index in [1.54, 1.807) is 52.0 Å². The molecule has 1 rings (SSSR count). The van der Waals surface area contributed by atoms with E-state index in [4.69, 9.17) is 5.11 Å². The van der Waals surface area contributed by atoms with Gasteiger partial charge < -0.3 is 15.7 Å². The number of rotatable bonds is 4. The fourth-order valence-electron chi connectivity index (χ4n) is 1.48. The van der Waals surface area contributed by atoms with Crippen LogP contribution in [-0.4, -0.2) is 23.0 Å². The molecule has 2 amide bonds. The number of carbonyl (C=O) groups excluding carboxylic acids is 2. The molecular formula is C15H22N2O3. The molecule has 5 heteroatoms. The Morgan fingerprint density at radius 2 is 1.95 bits per heavy atom. The highest BCUT2D eigenvalue weighted by Crippen LogP contribution is 2.14. The Bertz CT molecular complexity index is 492. The Morgan fingerprint density at radius 1 is 1.30 bits per heavy atom. The predicted octanol–water partition coefficient (Wildman–Crippen LogP) is 1.67. The molecule has 0 fully saturated rings. The average molecular weight is 278 g/mol. The maximum Gasteiger partial charge on any atom is 0.246 e. The van der Waals surface area contributed by atoms with Crippen LogP contribution in [0.1, 0.15) is 33.3 Å². The van der Waals surface area contributed by atoms with Crippen molar-refractivity contribution in [1.29, 1.82) is 0 Å². The maximum absolute atomic E-state index is 12.0. The normalized spacial score (nSPS) is 12.7. The first-order valence-electron chi connectivity index (χ1n) is 6.55. The first kappa shape index (κ1) is 16.2. The standard InChI is InChI=1S/C15H22N2O3/c1-10(16-14(20)15(2,3)4)13(19)17-12-7-5-6-11(8-12)9-18/h5-8,10,18H,9H2,1-4H3,(H,16,20)(H,17,19). The molecule has 0 bridgehead atoms. The third kappa shape index (κ3) is 4.66. The SMILES string of the molecule is CC(NC(=O)C(C)(C)C)C(=O)Nc1cccc(CO)c1. The molecule has 0 spiro atoms. The van der Waals surface area contributed by atoms with E-state index in [0.717, 1.165) is 0 Å². The summed E-state index contributed by atoms with van der Waals surface area (Å²) in [5, 5.41) is 14.4. The minimum Gasteiger partial charge on any atom is -0.392 e. The van der Waals surface area contributed by atoms with Gasteiger partial charge in [0.1, 0.15) is 6.04 Å². The monoisotopic (exact) mass is 278 g/mol. The molecule has 20 heavy (non-hydrogen) atoms. The minimum atomic E-state index is -0.625. The zero-order valence-corrected chi connectivity index (χ0v) is 12.4. The van der Waals surface area contributed by atoms with E-state index in [9.17, 15) is 9.59 Å². The maximum atomic E-state index is 12.0. The molecule has 110 valence electrons. The van der Waals surface area contributed by atoms with E-state index < -0.39 is 11.5 Å². The van der Waals surface area contributed by atoms with E-state index in [1.807, 2.05) is 0 Å². The highest BCUT2D eigenvalue weighted by molar-refractivity contribution is 5.97. The van der Waals surface area contributed by atoms with Crippen molar-refractivity contribution < 1.29 is 14.7 Å². The van der Waals surface area contributed by atoms with Crippen LogP contribution in [0.3, 0.4) is 0 Å². The van der Waals surface area contributed by atoms with Crippen LogP contribution < -0.4 is 10.6 Å². The van der Waals surface area contributed by atoms with E-state index in [0.29, 0.717) is 11.3 Å².